The van der Waals surface area contributed by atoms with E-state index in [2.05, 4.69) is 18.6 Å². The number of carbonyl (C=O) groups excluding carboxylic acids is 1. The molecule has 0 aliphatic rings. The van der Waals surface area contributed by atoms with Crippen molar-refractivity contribution in [3.05, 3.63) is 59.7 Å². The zero-order valence-electron chi connectivity index (χ0n) is 14.6. The van der Waals surface area contributed by atoms with Crippen LogP contribution in [0.5, 0.6) is 5.75 Å². The molecule has 0 radical (unpaired) electrons. The smallest absolute Gasteiger partial charge is 0.339 e. The van der Waals surface area contributed by atoms with Crippen LogP contribution < -0.4 is 4.18 Å². The highest BCUT2D eigenvalue weighted by molar-refractivity contribution is 7.87. The zero-order valence-corrected chi connectivity index (χ0v) is 15.4. The normalized spacial score (nSPS) is 12.4. The van der Waals surface area contributed by atoms with E-state index in [0.29, 0.717) is 5.92 Å². The van der Waals surface area contributed by atoms with Gasteiger partial charge in [-0.05, 0) is 47.7 Å². The van der Waals surface area contributed by atoms with Gasteiger partial charge in [0, 0.05) is 0 Å². The first-order valence-electron chi connectivity index (χ1n) is 8.06. The fourth-order valence-corrected chi connectivity index (χ4v) is 3.21. The van der Waals surface area contributed by atoms with E-state index < -0.39 is 10.1 Å². The maximum absolute atomic E-state index is 12.4. The summed E-state index contributed by atoms with van der Waals surface area (Å²) in [6, 6.07) is 13.0. The van der Waals surface area contributed by atoms with Crippen molar-refractivity contribution in [1.82, 2.24) is 0 Å². The second-order valence-corrected chi connectivity index (χ2v) is 7.36. The van der Waals surface area contributed by atoms with Crippen LogP contribution in [0.2, 0.25) is 0 Å². The number of carbonyl (C=O) groups is 1. The summed E-state index contributed by atoms with van der Waals surface area (Å²) in [6.45, 7) is 4.18. The Morgan fingerprint density at radius 2 is 1.64 bits per heavy atom. The molecule has 0 spiro atoms. The van der Waals surface area contributed by atoms with Gasteiger partial charge in [0.05, 0.1) is 13.5 Å². The highest BCUT2D eigenvalue weighted by Gasteiger charge is 2.17. The molecule has 0 saturated carbocycles. The van der Waals surface area contributed by atoms with Gasteiger partial charge in [0.15, 0.2) is 0 Å². The Kier molecular flexibility index (Phi) is 6.20. The Morgan fingerprint density at radius 1 is 1.04 bits per heavy atom. The van der Waals surface area contributed by atoms with E-state index >= 15 is 0 Å². The molecule has 0 aliphatic heterocycles. The summed E-state index contributed by atoms with van der Waals surface area (Å²) >= 11 is 0. The highest BCUT2D eigenvalue weighted by atomic mass is 32.2. The minimum absolute atomic E-state index is 0.109. The third-order valence-corrected chi connectivity index (χ3v) is 5.32. The minimum atomic E-state index is -3.89. The Labute approximate surface area is 148 Å². The van der Waals surface area contributed by atoms with Crippen LogP contribution >= 0.6 is 0 Å². The predicted molar refractivity (Wildman–Crippen MR) is 95.1 cm³/mol. The fourth-order valence-electron chi connectivity index (χ4n) is 2.28. The second-order valence-electron chi connectivity index (χ2n) is 5.81. The standard InChI is InChI=1S/C19H22O5S/c1-4-14(2)16-7-11-18(12-8-16)25(21,22)24-17-9-5-15(6-10-17)13-19(20)23-3/h5-12,14H,4,13H2,1-3H3. The van der Waals surface area contributed by atoms with Gasteiger partial charge in [0.1, 0.15) is 10.6 Å². The molecule has 5 nitrogen and oxygen atoms in total. The Morgan fingerprint density at radius 3 is 2.16 bits per heavy atom. The van der Waals surface area contributed by atoms with Gasteiger partial charge in [-0.25, -0.2) is 0 Å². The van der Waals surface area contributed by atoms with Gasteiger partial charge in [-0.2, -0.15) is 8.42 Å². The minimum Gasteiger partial charge on any atom is -0.469 e. The average Bonchev–Trinajstić information content (AvgIpc) is 2.62. The van der Waals surface area contributed by atoms with Crippen molar-refractivity contribution < 1.29 is 22.1 Å². The van der Waals surface area contributed by atoms with Crippen molar-refractivity contribution in [1.29, 1.82) is 0 Å². The van der Waals surface area contributed by atoms with Crippen LogP contribution in [0.4, 0.5) is 0 Å². The number of benzene rings is 2. The lowest BCUT2D eigenvalue weighted by Crippen LogP contribution is -2.10. The lowest BCUT2D eigenvalue weighted by atomic mass is 9.99. The predicted octanol–water partition coefficient (Wildman–Crippen LogP) is 3.68. The summed E-state index contributed by atoms with van der Waals surface area (Å²) < 4.78 is 34.5. The van der Waals surface area contributed by atoms with Gasteiger partial charge in [0.2, 0.25) is 0 Å². The summed E-state index contributed by atoms with van der Waals surface area (Å²) in [4.78, 5) is 11.3. The number of ether oxygens (including phenoxy) is 1. The quantitative estimate of drug-likeness (QED) is 0.555. The van der Waals surface area contributed by atoms with Crippen molar-refractivity contribution >= 4 is 16.1 Å². The number of rotatable bonds is 7. The van der Waals surface area contributed by atoms with Crippen LogP contribution in [0, 0.1) is 0 Å². The van der Waals surface area contributed by atoms with Crippen LogP contribution in [0.25, 0.3) is 0 Å². The fraction of sp³-hybridized carbons (Fsp3) is 0.316. The summed E-state index contributed by atoms with van der Waals surface area (Å²) in [5, 5.41) is 0. The van der Waals surface area contributed by atoms with Crippen molar-refractivity contribution in [2.45, 2.75) is 37.5 Å². The number of methoxy groups -OCH3 is 1. The van der Waals surface area contributed by atoms with Crippen LogP contribution in [0.3, 0.4) is 0 Å². The molecule has 2 aromatic rings. The molecule has 1 atom stereocenters. The Hall–Kier alpha value is -2.34. The van der Waals surface area contributed by atoms with Crippen molar-refractivity contribution in [2.24, 2.45) is 0 Å². The number of hydrogen-bond acceptors (Lipinski definition) is 5. The van der Waals surface area contributed by atoms with Gasteiger partial charge in [0.25, 0.3) is 0 Å². The van der Waals surface area contributed by atoms with Gasteiger partial charge in [-0.1, -0.05) is 38.1 Å². The number of hydrogen-bond donors (Lipinski definition) is 0. The van der Waals surface area contributed by atoms with E-state index in [9.17, 15) is 13.2 Å². The Balaban J connectivity index is 2.11. The summed E-state index contributed by atoms with van der Waals surface area (Å²) in [5.41, 5.74) is 1.81. The largest absolute Gasteiger partial charge is 0.469 e. The molecule has 0 amide bonds. The third kappa shape index (κ3) is 5.06. The summed E-state index contributed by atoms with van der Waals surface area (Å²) in [7, 11) is -2.58. The molecular weight excluding hydrogens is 340 g/mol. The molecule has 0 bridgehead atoms. The van der Waals surface area contributed by atoms with Gasteiger partial charge >= 0.3 is 16.1 Å². The molecule has 25 heavy (non-hydrogen) atoms. The Bertz CT molecular complexity index is 808. The van der Waals surface area contributed by atoms with Crippen LogP contribution in [0.1, 0.15) is 37.3 Å². The van der Waals surface area contributed by atoms with Crippen LogP contribution in [-0.4, -0.2) is 21.5 Å². The van der Waals surface area contributed by atoms with Crippen molar-refractivity contribution in [2.75, 3.05) is 7.11 Å². The van der Waals surface area contributed by atoms with Gasteiger partial charge in [-0.15, -0.1) is 0 Å². The molecule has 0 heterocycles. The monoisotopic (exact) mass is 362 g/mol. The van der Waals surface area contributed by atoms with E-state index in [0.717, 1.165) is 17.5 Å². The van der Waals surface area contributed by atoms with E-state index in [1.165, 1.54) is 19.2 Å². The lowest BCUT2D eigenvalue weighted by Gasteiger charge is -2.11. The first-order chi connectivity index (χ1) is 11.9. The molecule has 134 valence electrons. The van der Waals surface area contributed by atoms with E-state index in [-0.39, 0.29) is 23.0 Å². The summed E-state index contributed by atoms with van der Waals surface area (Å²) in [5.74, 6) is 0.210. The molecule has 1 unspecified atom stereocenters. The molecular formula is C19H22O5S. The topological polar surface area (TPSA) is 69.7 Å². The van der Waals surface area contributed by atoms with Crippen molar-refractivity contribution in [3.8, 4) is 5.75 Å². The first kappa shape index (κ1) is 19.0. The molecule has 0 aromatic heterocycles. The number of esters is 1. The van der Waals surface area contributed by atoms with Crippen LogP contribution in [-0.2, 0) is 26.1 Å². The van der Waals surface area contributed by atoms with Gasteiger partial charge < -0.3 is 8.92 Å². The lowest BCUT2D eigenvalue weighted by molar-refractivity contribution is -0.139. The maximum atomic E-state index is 12.4. The van der Waals surface area contributed by atoms with Crippen LogP contribution in [0.15, 0.2) is 53.4 Å². The van der Waals surface area contributed by atoms with E-state index in [4.69, 9.17) is 4.18 Å². The van der Waals surface area contributed by atoms with Crippen molar-refractivity contribution in [3.63, 3.8) is 0 Å². The molecule has 6 heteroatoms. The van der Waals surface area contributed by atoms with E-state index in [1.54, 1.807) is 24.3 Å². The first-order valence-corrected chi connectivity index (χ1v) is 9.46. The molecule has 0 saturated heterocycles. The maximum Gasteiger partial charge on any atom is 0.339 e. The average molecular weight is 362 g/mol. The van der Waals surface area contributed by atoms with E-state index in [1.807, 2.05) is 12.1 Å². The third-order valence-electron chi connectivity index (χ3n) is 4.06. The molecule has 0 fully saturated rings. The zero-order chi connectivity index (χ0) is 18.4. The molecule has 2 rings (SSSR count). The molecule has 0 aliphatic carbocycles. The molecule has 2 aromatic carbocycles. The van der Waals surface area contributed by atoms with Gasteiger partial charge in [-0.3, -0.25) is 4.79 Å². The SMILES string of the molecule is CCC(C)c1ccc(S(=O)(=O)Oc2ccc(CC(=O)OC)cc2)cc1. The molecule has 0 N–H and O–H groups in total. The summed E-state index contributed by atoms with van der Waals surface area (Å²) in [6.07, 6.45) is 1.11. The highest BCUT2D eigenvalue weighted by Crippen LogP contribution is 2.23. The second kappa shape index (κ2) is 8.16.